The van der Waals surface area contributed by atoms with Gasteiger partial charge in [0.1, 0.15) is 0 Å². The predicted octanol–water partition coefficient (Wildman–Crippen LogP) is 3.67. The molecule has 1 unspecified atom stereocenters. The van der Waals surface area contributed by atoms with Crippen LogP contribution in [0.4, 0.5) is 0 Å². The topological polar surface area (TPSA) is 38.0 Å². The zero-order valence-electron chi connectivity index (χ0n) is 12.8. The van der Waals surface area contributed by atoms with Crippen LogP contribution in [0.5, 0.6) is 0 Å². The van der Waals surface area contributed by atoms with Gasteiger partial charge < -0.3 is 0 Å². The molecule has 1 atom stereocenters. The van der Waals surface area contributed by atoms with Crippen molar-refractivity contribution in [3.05, 3.63) is 69.8 Å². The number of nitrogens with one attached hydrogen (secondary N) is 1. The summed E-state index contributed by atoms with van der Waals surface area (Å²) in [5, 5.41) is 0. The van der Waals surface area contributed by atoms with E-state index in [9.17, 15) is 0 Å². The highest BCUT2D eigenvalue weighted by Gasteiger charge is 2.13. The minimum Gasteiger partial charge on any atom is -0.271 e. The van der Waals surface area contributed by atoms with Crippen LogP contribution in [0.1, 0.15) is 39.4 Å². The quantitative estimate of drug-likeness (QED) is 0.656. The SMILES string of the molecule is Cc1ccc(C(Cc2c(C)cc(C)cc2C)NN)cc1. The molecule has 0 aliphatic carbocycles. The molecule has 0 aromatic heterocycles. The van der Waals surface area contributed by atoms with E-state index in [1.54, 1.807) is 0 Å². The highest BCUT2D eigenvalue weighted by atomic mass is 15.2. The summed E-state index contributed by atoms with van der Waals surface area (Å²) in [6.45, 7) is 8.60. The lowest BCUT2D eigenvalue weighted by atomic mass is 9.92. The summed E-state index contributed by atoms with van der Waals surface area (Å²) < 4.78 is 0. The summed E-state index contributed by atoms with van der Waals surface area (Å²) >= 11 is 0. The van der Waals surface area contributed by atoms with Crippen molar-refractivity contribution in [2.45, 2.75) is 40.2 Å². The predicted molar refractivity (Wildman–Crippen MR) is 85.6 cm³/mol. The molecule has 2 rings (SSSR count). The largest absolute Gasteiger partial charge is 0.271 e. The number of nitrogens with two attached hydrogens (primary N) is 1. The molecule has 0 fully saturated rings. The summed E-state index contributed by atoms with van der Waals surface area (Å²) in [7, 11) is 0. The Labute approximate surface area is 122 Å². The molecule has 2 aromatic rings. The van der Waals surface area contributed by atoms with Crippen LogP contribution < -0.4 is 11.3 Å². The lowest BCUT2D eigenvalue weighted by Crippen LogP contribution is -2.30. The molecule has 2 heteroatoms. The molecular formula is C18H24N2. The van der Waals surface area contributed by atoms with Gasteiger partial charge in [0, 0.05) is 6.04 Å². The molecule has 106 valence electrons. The Kier molecular flexibility index (Phi) is 4.58. The number of aryl methyl sites for hydroxylation is 4. The average molecular weight is 268 g/mol. The monoisotopic (exact) mass is 268 g/mol. The van der Waals surface area contributed by atoms with Gasteiger partial charge in [0.15, 0.2) is 0 Å². The smallest absolute Gasteiger partial charge is 0.0500 e. The summed E-state index contributed by atoms with van der Waals surface area (Å²) in [6.07, 6.45) is 0.914. The van der Waals surface area contributed by atoms with E-state index in [1.165, 1.54) is 33.4 Å². The van der Waals surface area contributed by atoms with E-state index in [1.807, 2.05) is 0 Å². The number of hydrogen-bond acceptors (Lipinski definition) is 2. The lowest BCUT2D eigenvalue weighted by molar-refractivity contribution is 0.549. The molecule has 0 heterocycles. The first-order valence-corrected chi connectivity index (χ1v) is 7.10. The van der Waals surface area contributed by atoms with Gasteiger partial charge in [0.2, 0.25) is 0 Å². The standard InChI is InChI=1S/C18H24N2/c1-12-5-7-16(8-6-12)18(20-19)11-17-14(3)9-13(2)10-15(17)4/h5-10,18,20H,11,19H2,1-4H3. The fourth-order valence-corrected chi connectivity index (χ4v) is 2.81. The van der Waals surface area contributed by atoms with Gasteiger partial charge in [0.25, 0.3) is 0 Å². The van der Waals surface area contributed by atoms with E-state index in [0.29, 0.717) is 0 Å². The van der Waals surface area contributed by atoms with Crippen LogP contribution in [-0.4, -0.2) is 0 Å². The minimum atomic E-state index is 0.149. The Bertz CT molecular complexity index is 562. The Balaban J connectivity index is 2.29. The molecule has 0 saturated heterocycles. The fraction of sp³-hybridized carbons (Fsp3) is 0.333. The summed E-state index contributed by atoms with van der Waals surface area (Å²) in [5.41, 5.74) is 10.8. The zero-order valence-corrected chi connectivity index (χ0v) is 12.8. The van der Waals surface area contributed by atoms with Crippen LogP contribution in [-0.2, 0) is 6.42 Å². The molecule has 0 bridgehead atoms. The van der Waals surface area contributed by atoms with E-state index in [4.69, 9.17) is 5.84 Å². The Morgan fingerprint density at radius 1 is 0.900 bits per heavy atom. The van der Waals surface area contributed by atoms with Crippen LogP contribution in [0.25, 0.3) is 0 Å². The van der Waals surface area contributed by atoms with Crippen molar-refractivity contribution in [3.63, 3.8) is 0 Å². The van der Waals surface area contributed by atoms with Crippen molar-refractivity contribution in [2.75, 3.05) is 0 Å². The van der Waals surface area contributed by atoms with Crippen molar-refractivity contribution in [2.24, 2.45) is 5.84 Å². The number of hydrazine groups is 1. The maximum Gasteiger partial charge on any atom is 0.0500 e. The van der Waals surface area contributed by atoms with Crippen molar-refractivity contribution >= 4 is 0 Å². The molecular weight excluding hydrogens is 244 g/mol. The molecule has 2 aromatic carbocycles. The van der Waals surface area contributed by atoms with Crippen molar-refractivity contribution in [1.82, 2.24) is 5.43 Å². The zero-order chi connectivity index (χ0) is 14.7. The third-order valence-corrected chi connectivity index (χ3v) is 3.93. The molecule has 0 aliphatic heterocycles. The second-order valence-corrected chi connectivity index (χ2v) is 5.71. The van der Waals surface area contributed by atoms with Crippen LogP contribution in [0, 0.1) is 27.7 Å². The maximum atomic E-state index is 5.77. The van der Waals surface area contributed by atoms with E-state index >= 15 is 0 Å². The van der Waals surface area contributed by atoms with Gasteiger partial charge >= 0.3 is 0 Å². The lowest BCUT2D eigenvalue weighted by Gasteiger charge is -2.20. The first kappa shape index (κ1) is 14.8. The Hall–Kier alpha value is -1.64. The maximum absolute atomic E-state index is 5.77. The van der Waals surface area contributed by atoms with Gasteiger partial charge in [-0.15, -0.1) is 0 Å². The normalized spacial score (nSPS) is 12.4. The van der Waals surface area contributed by atoms with Gasteiger partial charge in [0.05, 0.1) is 0 Å². The first-order chi connectivity index (χ1) is 9.51. The van der Waals surface area contributed by atoms with Crippen LogP contribution in [0.3, 0.4) is 0 Å². The van der Waals surface area contributed by atoms with E-state index < -0.39 is 0 Å². The van der Waals surface area contributed by atoms with Crippen LogP contribution in [0.15, 0.2) is 36.4 Å². The van der Waals surface area contributed by atoms with Crippen LogP contribution >= 0.6 is 0 Å². The second-order valence-electron chi connectivity index (χ2n) is 5.71. The van der Waals surface area contributed by atoms with Gasteiger partial charge in [-0.25, -0.2) is 0 Å². The molecule has 0 amide bonds. The summed E-state index contributed by atoms with van der Waals surface area (Å²) in [6, 6.07) is 13.2. The number of rotatable bonds is 4. The first-order valence-electron chi connectivity index (χ1n) is 7.10. The second kappa shape index (κ2) is 6.21. The van der Waals surface area contributed by atoms with Crippen LogP contribution in [0.2, 0.25) is 0 Å². The molecule has 0 spiro atoms. The molecule has 3 N–H and O–H groups in total. The Morgan fingerprint density at radius 2 is 1.45 bits per heavy atom. The van der Waals surface area contributed by atoms with Crippen molar-refractivity contribution in [1.29, 1.82) is 0 Å². The van der Waals surface area contributed by atoms with Crippen molar-refractivity contribution < 1.29 is 0 Å². The van der Waals surface area contributed by atoms with E-state index in [2.05, 4.69) is 69.5 Å². The van der Waals surface area contributed by atoms with Gasteiger partial charge in [-0.05, 0) is 56.4 Å². The van der Waals surface area contributed by atoms with Gasteiger partial charge in [-0.3, -0.25) is 11.3 Å². The average Bonchev–Trinajstić information content (AvgIpc) is 2.39. The summed E-state index contributed by atoms with van der Waals surface area (Å²) in [4.78, 5) is 0. The van der Waals surface area contributed by atoms with Gasteiger partial charge in [-0.1, -0.05) is 47.5 Å². The summed E-state index contributed by atoms with van der Waals surface area (Å²) in [5.74, 6) is 5.77. The molecule has 20 heavy (non-hydrogen) atoms. The molecule has 0 saturated carbocycles. The molecule has 0 radical (unpaired) electrons. The number of benzene rings is 2. The Morgan fingerprint density at radius 3 is 1.95 bits per heavy atom. The van der Waals surface area contributed by atoms with Crippen molar-refractivity contribution in [3.8, 4) is 0 Å². The van der Waals surface area contributed by atoms with E-state index in [-0.39, 0.29) is 6.04 Å². The van der Waals surface area contributed by atoms with Gasteiger partial charge in [-0.2, -0.15) is 0 Å². The fourth-order valence-electron chi connectivity index (χ4n) is 2.81. The minimum absolute atomic E-state index is 0.149. The highest BCUT2D eigenvalue weighted by Crippen LogP contribution is 2.24. The third-order valence-electron chi connectivity index (χ3n) is 3.93. The number of hydrogen-bond donors (Lipinski definition) is 2. The van der Waals surface area contributed by atoms with E-state index in [0.717, 1.165) is 6.42 Å². The highest BCUT2D eigenvalue weighted by molar-refractivity contribution is 5.39. The molecule has 0 aliphatic rings. The molecule has 2 nitrogen and oxygen atoms in total. The third kappa shape index (κ3) is 3.27.